The second-order valence-corrected chi connectivity index (χ2v) is 5.90. The fourth-order valence-electron chi connectivity index (χ4n) is 2.87. The highest BCUT2D eigenvalue weighted by atomic mass is 16.6. The Morgan fingerprint density at radius 2 is 2.05 bits per heavy atom. The molecule has 118 valence electrons. The smallest absolute Gasteiger partial charge is 0.333 e. The predicted octanol–water partition coefficient (Wildman–Crippen LogP) is 2.03. The summed E-state index contributed by atoms with van der Waals surface area (Å²) in [6, 6.07) is 0. The molecule has 0 radical (unpaired) electrons. The van der Waals surface area contributed by atoms with Crippen LogP contribution < -0.4 is 5.32 Å². The number of aromatic nitrogens is 2. The molecule has 0 spiro atoms. The lowest BCUT2D eigenvalue weighted by Gasteiger charge is -2.29. The molecular weight excluding hydrogens is 270 g/mol. The first-order chi connectivity index (χ1) is 10.0. The van der Waals surface area contributed by atoms with Crippen molar-refractivity contribution in [2.45, 2.75) is 32.6 Å². The number of anilines is 1. The fraction of sp³-hybridized carbons (Fsp3) is 0.786. The van der Waals surface area contributed by atoms with Crippen molar-refractivity contribution >= 4 is 11.5 Å². The Hall–Kier alpha value is -1.63. The molecule has 1 aromatic heterocycles. The van der Waals surface area contributed by atoms with Gasteiger partial charge in [0, 0.05) is 13.6 Å². The molecule has 0 amide bonds. The molecule has 2 heterocycles. The van der Waals surface area contributed by atoms with Crippen molar-refractivity contribution < 1.29 is 4.92 Å². The second-order valence-electron chi connectivity index (χ2n) is 5.90. The SMILES string of the molecule is CCCc1nn(C)c(NCC2CCN(C)CC2)c1[N+](=O)[O-]. The zero-order valence-corrected chi connectivity index (χ0v) is 13.1. The van der Waals surface area contributed by atoms with Gasteiger partial charge in [-0.2, -0.15) is 5.10 Å². The fourth-order valence-corrected chi connectivity index (χ4v) is 2.87. The van der Waals surface area contributed by atoms with Crippen LogP contribution in [0.4, 0.5) is 11.5 Å². The first-order valence-electron chi connectivity index (χ1n) is 7.65. The average Bonchev–Trinajstić information content (AvgIpc) is 2.75. The van der Waals surface area contributed by atoms with Gasteiger partial charge in [0.1, 0.15) is 5.69 Å². The molecule has 1 fully saturated rings. The zero-order chi connectivity index (χ0) is 15.4. The number of rotatable bonds is 6. The van der Waals surface area contributed by atoms with Gasteiger partial charge in [-0.15, -0.1) is 0 Å². The van der Waals surface area contributed by atoms with E-state index in [1.165, 1.54) is 0 Å². The van der Waals surface area contributed by atoms with Crippen molar-refractivity contribution in [1.29, 1.82) is 0 Å². The summed E-state index contributed by atoms with van der Waals surface area (Å²) in [5.41, 5.74) is 0.725. The number of nitrogens with one attached hydrogen (secondary N) is 1. The van der Waals surface area contributed by atoms with Crippen molar-refractivity contribution in [3.63, 3.8) is 0 Å². The summed E-state index contributed by atoms with van der Waals surface area (Å²) in [7, 11) is 3.90. The molecular formula is C14H25N5O2. The summed E-state index contributed by atoms with van der Waals surface area (Å²) in [6.45, 7) is 4.98. The number of piperidine rings is 1. The third-order valence-electron chi connectivity index (χ3n) is 4.16. The first kappa shape index (κ1) is 15.8. The molecule has 0 aliphatic carbocycles. The Morgan fingerprint density at radius 1 is 1.38 bits per heavy atom. The van der Waals surface area contributed by atoms with Crippen molar-refractivity contribution in [2.75, 3.05) is 32.0 Å². The Labute approximate surface area is 125 Å². The molecule has 0 unspecified atom stereocenters. The minimum Gasteiger partial charge on any atom is -0.364 e. The van der Waals surface area contributed by atoms with Crippen molar-refractivity contribution in [3.8, 4) is 0 Å². The summed E-state index contributed by atoms with van der Waals surface area (Å²) in [6.07, 6.45) is 3.76. The molecule has 0 aromatic carbocycles. The van der Waals surface area contributed by atoms with Crippen LogP contribution >= 0.6 is 0 Å². The normalized spacial score (nSPS) is 17.1. The Morgan fingerprint density at radius 3 is 2.62 bits per heavy atom. The van der Waals surface area contributed by atoms with Crippen LogP contribution in [0.15, 0.2) is 0 Å². The second kappa shape index (κ2) is 6.89. The van der Waals surface area contributed by atoms with E-state index in [1.54, 1.807) is 11.7 Å². The lowest BCUT2D eigenvalue weighted by Crippen LogP contribution is -2.33. The molecule has 0 bridgehead atoms. The average molecular weight is 295 g/mol. The summed E-state index contributed by atoms with van der Waals surface area (Å²) in [4.78, 5) is 13.3. The summed E-state index contributed by atoms with van der Waals surface area (Å²) in [5.74, 6) is 1.12. The lowest BCUT2D eigenvalue weighted by atomic mass is 9.97. The van der Waals surface area contributed by atoms with Gasteiger partial charge in [-0.05, 0) is 45.3 Å². The van der Waals surface area contributed by atoms with E-state index in [9.17, 15) is 10.1 Å². The van der Waals surface area contributed by atoms with Gasteiger partial charge in [-0.3, -0.25) is 10.1 Å². The van der Waals surface area contributed by atoms with Gasteiger partial charge in [-0.25, -0.2) is 4.68 Å². The monoisotopic (exact) mass is 295 g/mol. The molecule has 1 saturated heterocycles. The third kappa shape index (κ3) is 3.72. The number of hydrogen-bond donors (Lipinski definition) is 1. The Bertz CT molecular complexity index is 492. The van der Waals surface area contributed by atoms with Gasteiger partial charge in [0.05, 0.1) is 4.92 Å². The number of hydrogen-bond acceptors (Lipinski definition) is 5. The van der Waals surface area contributed by atoms with E-state index in [0.717, 1.165) is 38.9 Å². The minimum absolute atomic E-state index is 0.146. The first-order valence-corrected chi connectivity index (χ1v) is 7.65. The van der Waals surface area contributed by atoms with Crippen LogP contribution in [0, 0.1) is 16.0 Å². The van der Waals surface area contributed by atoms with Gasteiger partial charge in [0.15, 0.2) is 0 Å². The standard InChI is InChI=1S/C14H25N5O2/c1-4-5-12-13(19(20)21)14(18(3)16-12)15-10-11-6-8-17(2)9-7-11/h11,15H,4-10H2,1-3H3. The largest absolute Gasteiger partial charge is 0.364 e. The quantitative estimate of drug-likeness (QED) is 0.642. The van der Waals surface area contributed by atoms with Crippen LogP contribution in [-0.4, -0.2) is 46.3 Å². The Kier molecular flexibility index (Phi) is 5.17. The molecule has 1 aliphatic heterocycles. The summed E-state index contributed by atoms with van der Waals surface area (Å²) >= 11 is 0. The highest BCUT2D eigenvalue weighted by Gasteiger charge is 2.27. The molecule has 0 atom stereocenters. The molecule has 7 nitrogen and oxygen atoms in total. The van der Waals surface area contributed by atoms with Gasteiger partial charge in [0.2, 0.25) is 5.82 Å². The number of likely N-dealkylation sites (tertiary alicyclic amines) is 1. The number of aryl methyl sites for hydroxylation is 2. The van der Waals surface area contributed by atoms with Crippen LogP contribution in [0.3, 0.4) is 0 Å². The van der Waals surface area contributed by atoms with Gasteiger partial charge >= 0.3 is 5.69 Å². The molecule has 1 aliphatic rings. The zero-order valence-electron chi connectivity index (χ0n) is 13.1. The highest BCUT2D eigenvalue weighted by Crippen LogP contribution is 2.29. The van der Waals surface area contributed by atoms with Crippen molar-refractivity contribution in [1.82, 2.24) is 14.7 Å². The summed E-state index contributed by atoms with van der Waals surface area (Å²) < 4.78 is 1.61. The Balaban J connectivity index is 2.06. The van der Waals surface area contributed by atoms with Crippen LogP contribution in [0.5, 0.6) is 0 Å². The van der Waals surface area contributed by atoms with E-state index in [-0.39, 0.29) is 10.6 Å². The predicted molar refractivity (Wildman–Crippen MR) is 82.6 cm³/mol. The molecule has 0 saturated carbocycles. The van der Waals surface area contributed by atoms with Gasteiger partial charge in [0.25, 0.3) is 0 Å². The van der Waals surface area contributed by atoms with E-state index in [4.69, 9.17) is 0 Å². The van der Waals surface area contributed by atoms with Gasteiger partial charge < -0.3 is 10.2 Å². The van der Waals surface area contributed by atoms with E-state index in [1.807, 2.05) is 6.92 Å². The maximum absolute atomic E-state index is 11.3. The van der Waals surface area contributed by atoms with Gasteiger partial charge in [-0.1, -0.05) is 13.3 Å². The van der Waals surface area contributed by atoms with Crippen LogP contribution in [0.1, 0.15) is 31.9 Å². The van der Waals surface area contributed by atoms with E-state index >= 15 is 0 Å². The van der Waals surface area contributed by atoms with Crippen LogP contribution in [0.2, 0.25) is 0 Å². The maximum atomic E-state index is 11.3. The van der Waals surface area contributed by atoms with Crippen molar-refractivity contribution in [2.24, 2.45) is 13.0 Å². The summed E-state index contributed by atoms with van der Waals surface area (Å²) in [5, 5.41) is 18.9. The van der Waals surface area contributed by atoms with Crippen LogP contribution in [-0.2, 0) is 13.5 Å². The minimum atomic E-state index is -0.311. The van der Waals surface area contributed by atoms with E-state index in [2.05, 4.69) is 22.4 Å². The van der Waals surface area contributed by atoms with Crippen LogP contribution in [0.25, 0.3) is 0 Å². The third-order valence-corrected chi connectivity index (χ3v) is 4.16. The maximum Gasteiger partial charge on any atom is 0.333 e. The lowest BCUT2D eigenvalue weighted by molar-refractivity contribution is -0.384. The van der Waals surface area contributed by atoms with E-state index < -0.39 is 0 Å². The molecule has 21 heavy (non-hydrogen) atoms. The molecule has 1 aromatic rings. The van der Waals surface area contributed by atoms with Crippen molar-refractivity contribution in [3.05, 3.63) is 15.8 Å². The number of nitrogens with zero attached hydrogens (tertiary/aromatic N) is 4. The topological polar surface area (TPSA) is 76.2 Å². The molecule has 2 rings (SSSR count). The number of nitro groups is 1. The highest BCUT2D eigenvalue weighted by molar-refractivity contribution is 5.59. The van der Waals surface area contributed by atoms with E-state index in [0.29, 0.717) is 23.9 Å². The molecule has 7 heteroatoms. The molecule has 1 N–H and O–H groups in total.